The van der Waals surface area contributed by atoms with Crippen molar-refractivity contribution in [1.29, 1.82) is 0 Å². The number of hydrogen-bond donors (Lipinski definition) is 1. The van der Waals surface area contributed by atoms with Crippen molar-refractivity contribution in [2.75, 3.05) is 27.4 Å². The average Bonchev–Trinajstić information content (AvgIpc) is 3.27. The van der Waals surface area contributed by atoms with Crippen LogP contribution in [0.3, 0.4) is 0 Å². The summed E-state index contributed by atoms with van der Waals surface area (Å²) in [6, 6.07) is 8.27. The van der Waals surface area contributed by atoms with Crippen molar-refractivity contribution in [2.45, 2.75) is 13.0 Å². The second kappa shape index (κ2) is 7.94. The molecule has 0 saturated carbocycles. The molecule has 2 aromatic rings. The number of aliphatic hydroxyl groups excluding tert-OH is 1. The summed E-state index contributed by atoms with van der Waals surface area (Å²) in [6.07, 6.45) is 0. The maximum Gasteiger partial charge on any atom is 0.295 e. The van der Waals surface area contributed by atoms with Crippen molar-refractivity contribution in [1.82, 2.24) is 4.90 Å². The van der Waals surface area contributed by atoms with Crippen LogP contribution >= 0.6 is 11.3 Å². The molecule has 0 bridgehead atoms. The Labute approximate surface area is 161 Å². The van der Waals surface area contributed by atoms with E-state index in [4.69, 9.17) is 9.47 Å². The number of benzene rings is 1. The van der Waals surface area contributed by atoms with Gasteiger partial charge in [-0.25, -0.2) is 0 Å². The normalized spacial score (nSPS) is 18.9. The number of carbonyl (C=O) groups excluding carboxylic acids is 2. The van der Waals surface area contributed by atoms with Crippen molar-refractivity contribution in [3.8, 4) is 5.75 Å². The minimum absolute atomic E-state index is 0.104. The fraction of sp³-hybridized carbons (Fsp3) is 0.300. The van der Waals surface area contributed by atoms with Crippen LogP contribution in [-0.2, 0) is 14.3 Å². The highest BCUT2D eigenvalue weighted by atomic mass is 32.1. The maximum absolute atomic E-state index is 12.8. The lowest BCUT2D eigenvalue weighted by Crippen LogP contribution is -2.32. The molecule has 1 aromatic heterocycles. The van der Waals surface area contributed by atoms with Crippen LogP contribution in [0, 0.1) is 6.92 Å². The number of carbonyl (C=O) groups is 2. The minimum atomic E-state index is -0.683. The van der Waals surface area contributed by atoms with E-state index in [0.717, 1.165) is 10.4 Å². The van der Waals surface area contributed by atoms with Gasteiger partial charge < -0.3 is 19.5 Å². The molecule has 1 atom stereocenters. The number of amides is 1. The molecule has 1 fully saturated rings. The third-order valence-corrected chi connectivity index (χ3v) is 5.50. The van der Waals surface area contributed by atoms with E-state index < -0.39 is 17.7 Å². The zero-order chi connectivity index (χ0) is 19.6. The van der Waals surface area contributed by atoms with Crippen molar-refractivity contribution in [2.24, 2.45) is 0 Å². The van der Waals surface area contributed by atoms with Gasteiger partial charge in [0.2, 0.25) is 0 Å². The van der Waals surface area contributed by atoms with Gasteiger partial charge >= 0.3 is 0 Å². The van der Waals surface area contributed by atoms with Gasteiger partial charge in [0.15, 0.2) is 0 Å². The Hall–Kier alpha value is -2.64. The Morgan fingerprint density at radius 2 is 2.04 bits per heavy atom. The Kier molecular flexibility index (Phi) is 5.62. The quantitative estimate of drug-likeness (QED) is 0.468. The maximum atomic E-state index is 12.8. The Morgan fingerprint density at radius 3 is 2.63 bits per heavy atom. The number of nitrogens with zero attached hydrogens (tertiary/aromatic N) is 1. The Morgan fingerprint density at radius 1 is 1.26 bits per heavy atom. The predicted octanol–water partition coefficient (Wildman–Crippen LogP) is 3.13. The van der Waals surface area contributed by atoms with E-state index in [2.05, 4.69) is 0 Å². The predicted molar refractivity (Wildman–Crippen MR) is 103 cm³/mol. The topological polar surface area (TPSA) is 76.1 Å². The molecule has 2 heterocycles. The summed E-state index contributed by atoms with van der Waals surface area (Å²) < 4.78 is 10.3. The van der Waals surface area contributed by atoms with Gasteiger partial charge in [0.1, 0.15) is 11.5 Å². The molecule has 0 aliphatic carbocycles. The second-order valence-corrected chi connectivity index (χ2v) is 7.16. The molecule has 7 heteroatoms. The SMILES string of the molecule is COCCN1C(=O)C(=O)/C(=C(/O)c2ccc(OC)cc2C)[C@H]1c1cccs1. The summed E-state index contributed by atoms with van der Waals surface area (Å²) in [4.78, 5) is 27.7. The van der Waals surface area contributed by atoms with E-state index >= 15 is 0 Å². The summed E-state index contributed by atoms with van der Waals surface area (Å²) in [6.45, 7) is 2.39. The van der Waals surface area contributed by atoms with Gasteiger partial charge in [-0.1, -0.05) is 6.07 Å². The van der Waals surface area contributed by atoms with Crippen LogP contribution in [0.5, 0.6) is 5.75 Å². The number of ether oxygens (including phenoxy) is 2. The van der Waals surface area contributed by atoms with Crippen LogP contribution in [0.1, 0.15) is 22.0 Å². The highest BCUT2D eigenvalue weighted by Gasteiger charge is 2.46. The van der Waals surface area contributed by atoms with Gasteiger partial charge in [0.25, 0.3) is 11.7 Å². The molecule has 1 amide bonds. The summed E-state index contributed by atoms with van der Waals surface area (Å²) in [5.41, 5.74) is 1.36. The van der Waals surface area contributed by atoms with Crippen LogP contribution in [0.2, 0.25) is 0 Å². The van der Waals surface area contributed by atoms with Gasteiger partial charge in [-0.15, -0.1) is 11.3 Å². The lowest BCUT2D eigenvalue weighted by Gasteiger charge is -2.23. The number of aliphatic hydroxyl groups is 1. The van der Waals surface area contributed by atoms with Crippen LogP contribution in [0.4, 0.5) is 0 Å². The molecule has 27 heavy (non-hydrogen) atoms. The highest BCUT2D eigenvalue weighted by Crippen LogP contribution is 2.41. The lowest BCUT2D eigenvalue weighted by atomic mass is 9.97. The molecule has 0 spiro atoms. The fourth-order valence-corrected chi connectivity index (χ4v) is 4.06. The number of aryl methyl sites for hydroxylation is 1. The second-order valence-electron chi connectivity index (χ2n) is 6.18. The van der Waals surface area contributed by atoms with E-state index in [1.54, 1.807) is 25.3 Å². The summed E-state index contributed by atoms with van der Waals surface area (Å²) in [5, 5.41) is 12.9. The number of Topliss-reactive ketones (excluding diaryl/α,β-unsaturated/α-hetero) is 1. The van der Waals surface area contributed by atoms with Crippen LogP contribution in [-0.4, -0.2) is 49.1 Å². The zero-order valence-electron chi connectivity index (χ0n) is 15.4. The molecular formula is C20H21NO5S. The molecule has 1 aromatic carbocycles. The number of likely N-dealkylation sites (tertiary alicyclic amines) is 1. The molecule has 0 unspecified atom stereocenters. The number of ketones is 1. The summed E-state index contributed by atoms with van der Waals surface area (Å²) in [7, 11) is 3.10. The monoisotopic (exact) mass is 387 g/mol. The molecule has 1 aliphatic rings. The zero-order valence-corrected chi connectivity index (χ0v) is 16.2. The van der Waals surface area contributed by atoms with Gasteiger partial charge in [-0.2, -0.15) is 0 Å². The molecule has 0 radical (unpaired) electrons. The van der Waals surface area contributed by atoms with Crippen LogP contribution < -0.4 is 4.74 Å². The largest absolute Gasteiger partial charge is 0.507 e. The van der Waals surface area contributed by atoms with E-state index in [0.29, 0.717) is 17.9 Å². The van der Waals surface area contributed by atoms with E-state index in [1.807, 2.05) is 24.4 Å². The van der Waals surface area contributed by atoms with Gasteiger partial charge in [0, 0.05) is 24.1 Å². The van der Waals surface area contributed by atoms with Gasteiger partial charge in [0.05, 0.1) is 25.3 Å². The first-order chi connectivity index (χ1) is 13.0. The molecular weight excluding hydrogens is 366 g/mol. The molecule has 6 nitrogen and oxygen atoms in total. The number of rotatable bonds is 6. The van der Waals surface area contributed by atoms with Crippen molar-refractivity contribution in [3.05, 3.63) is 57.3 Å². The third kappa shape index (κ3) is 3.48. The van der Waals surface area contributed by atoms with Crippen molar-refractivity contribution < 1.29 is 24.2 Å². The molecule has 1 aliphatic heterocycles. The summed E-state index contributed by atoms with van der Waals surface area (Å²) in [5.74, 6) is -0.832. The molecule has 142 valence electrons. The van der Waals surface area contributed by atoms with Gasteiger partial charge in [-0.05, 0) is 42.1 Å². The Balaban J connectivity index is 2.14. The van der Waals surface area contributed by atoms with E-state index in [-0.39, 0.29) is 17.9 Å². The number of methoxy groups -OCH3 is 2. The van der Waals surface area contributed by atoms with Crippen LogP contribution in [0.25, 0.3) is 5.76 Å². The Bertz CT molecular complexity index is 888. The first-order valence-electron chi connectivity index (χ1n) is 8.45. The first kappa shape index (κ1) is 19.1. The molecule has 1 N–H and O–H groups in total. The summed E-state index contributed by atoms with van der Waals surface area (Å²) >= 11 is 1.44. The first-order valence-corrected chi connectivity index (χ1v) is 9.33. The fourth-order valence-electron chi connectivity index (χ4n) is 3.22. The number of thiophene rings is 1. The van der Waals surface area contributed by atoms with E-state index in [1.165, 1.54) is 23.3 Å². The molecule has 3 rings (SSSR count). The third-order valence-electron chi connectivity index (χ3n) is 4.58. The standard InChI is InChI=1S/C20H21NO5S/c1-12-11-13(26-3)6-7-14(12)18(22)16-17(15-5-4-10-27-15)21(8-9-25-2)20(24)19(16)23/h4-7,10-11,17,22H,8-9H2,1-3H3/b18-16+/t17-/m1/s1. The highest BCUT2D eigenvalue weighted by molar-refractivity contribution is 7.10. The smallest absolute Gasteiger partial charge is 0.295 e. The van der Waals surface area contributed by atoms with E-state index in [9.17, 15) is 14.7 Å². The van der Waals surface area contributed by atoms with Crippen molar-refractivity contribution >= 4 is 28.8 Å². The van der Waals surface area contributed by atoms with Crippen LogP contribution in [0.15, 0.2) is 41.3 Å². The lowest BCUT2D eigenvalue weighted by molar-refractivity contribution is -0.140. The average molecular weight is 387 g/mol. The number of hydrogen-bond acceptors (Lipinski definition) is 6. The van der Waals surface area contributed by atoms with Crippen molar-refractivity contribution in [3.63, 3.8) is 0 Å². The van der Waals surface area contributed by atoms with Gasteiger partial charge in [-0.3, -0.25) is 9.59 Å². The molecule has 1 saturated heterocycles. The minimum Gasteiger partial charge on any atom is -0.507 e.